The maximum atomic E-state index is 5.15. The molecule has 7 aromatic rings. The van der Waals surface area contributed by atoms with Crippen LogP contribution >= 0.6 is 0 Å². The van der Waals surface area contributed by atoms with Crippen molar-refractivity contribution in [3.63, 3.8) is 0 Å². The molecule has 0 amide bonds. The molecule has 0 saturated carbocycles. The highest BCUT2D eigenvalue weighted by molar-refractivity contribution is 6.17. The number of allylic oxidation sites excluding steroid dienone is 2. The van der Waals surface area contributed by atoms with E-state index >= 15 is 0 Å². The van der Waals surface area contributed by atoms with Crippen molar-refractivity contribution in [1.82, 2.24) is 9.97 Å². The summed E-state index contributed by atoms with van der Waals surface area (Å²) in [5.41, 5.74) is 20.2. The summed E-state index contributed by atoms with van der Waals surface area (Å²) in [5, 5.41) is 0. The Hall–Kier alpha value is -6.32. The van der Waals surface area contributed by atoms with Gasteiger partial charge in [0.15, 0.2) is 5.82 Å². The normalized spacial score (nSPS) is 19.4. The molecule has 2 heterocycles. The molecule has 0 bridgehead atoms. The lowest BCUT2D eigenvalue weighted by Crippen LogP contribution is -2.44. The summed E-state index contributed by atoms with van der Waals surface area (Å²) in [6, 6.07) is 59.6. The van der Waals surface area contributed by atoms with Crippen LogP contribution in [0.15, 0.2) is 169 Å². The van der Waals surface area contributed by atoms with Crippen LogP contribution in [0.5, 0.6) is 0 Å². The van der Waals surface area contributed by atoms with Gasteiger partial charge < -0.3 is 4.90 Å². The van der Waals surface area contributed by atoms with Gasteiger partial charge in [0.2, 0.25) is 0 Å². The Morgan fingerprint density at radius 1 is 0.491 bits per heavy atom. The zero-order chi connectivity index (χ0) is 37.1. The van der Waals surface area contributed by atoms with Gasteiger partial charge in [0.25, 0.3) is 0 Å². The van der Waals surface area contributed by atoms with E-state index in [1.165, 1.54) is 61.5 Å². The molecule has 11 rings (SSSR count). The second-order valence-electron chi connectivity index (χ2n) is 16.6. The van der Waals surface area contributed by atoms with E-state index in [2.05, 4.69) is 184 Å². The van der Waals surface area contributed by atoms with Crippen molar-refractivity contribution in [2.45, 2.75) is 44.6 Å². The Bertz CT molecular complexity index is 2700. The second-order valence-corrected chi connectivity index (χ2v) is 16.6. The number of benzene rings is 6. The SMILES string of the molecule is CC1(C)C2=C3c4ccccc4C(C)(C)C3C3C(=C2c2ccccc21)c1ccccc1N3c1ccc(-c2nc(-c3ccccc3)cc(-c3ccccc3)n2)cc1. The molecule has 4 aliphatic rings. The predicted molar refractivity (Wildman–Crippen MR) is 227 cm³/mol. The summed E-state index contributed by atoms with van der Waals surface area (Å²) >= 11 is 0. The van der Waals surface area contributed by atoms with Gasteiger partial charge >= 0.3 is 0 Å². The molecule has 6 aromatic carbocycles. The van der Waals surface area contributed by atoms with Crippen LogP contribution < -0.4 is 4.90 Å². The average Bonchev–Trinajstić information content (AvgIpc) is 3.78. The summed E-state index contributed by atoms with van der Waals surface area (Å²) in [7, 11) is 0. The van der Waals surface area contributed by atoms with Crippen molar-refractivity contribution in [3.8, 4) is 33.9 Å². The molecule has 0 spiro atoms. The fourth-order valence-corrected chi connectivity index (χ4v) is 10.5. The number of fused-ring (bicyclic) bond motifs is 10. The second kappa shape index (κ2) is 11.6. The van der Waals surface area contributed by atoms with Crippen LogP contribution in [0.1, 0.15) is 55.5 Å². The van der Waals surface area contributed by atoms with E-state index in [0.717, 1.165) is 33.9 Å². The average molecular weight is 708 g/mol. The maximum Gasteiger partial charge on any atom is 0.160 e. The maximum absolute atomic E-state index is 5.15. The molecule has 0 saturated heterocycles. The molecule has 0 N–H and O–H groups in total. The van der Waals surface area contributed by atoms with Crippen molar-refractivity contribution in [2.24, 2.45) is 5.92 Å². The zero-order valence-corrected chi connectivity index (χ0v) is 31.6. The van der Waals surface area contributed by atoms with Gasteiger partial charge in [-0.15, -0.1) is 0 Å². The van der Waals surface area contributed by atoms with Gasteiger partial charge in [-0.05, 0) is 86.4 Å². The Kier molecular flexibility index (Phi) is 6.77. The minimum atomic E-state index is -0.123. The van der Waals surface area contributed by atoms with E-state index in [1.54, 1.807) is 0 Å². The highest BCUT2D eigenvalue weighted by Gasteiger charge is 2.59. The molecule has 55 heavy (non-hydrogen) atoms. The summed E-state index contributed by atoms with van der Waals surface area (Å²) in [4.78, 5) is 12.9. The Labute approximate surface area is 323 Å². The lowest BCUT2D eigenvalue weighted by molar-refractivity contribution is 0.386. The third-order valence-corrected chi connectivity index (χ3v) is 12.9. The fourth-order valence-electron chi connectivity index (χ4n) is 10.5. The van der Waals surface area contributed by atoms with E-state index in [9.17, 15) is 0 Å². The number of hydrogen-bond acceptors (Lipinski definition) is 3. The van der Waals surface area contributed by atoms with Crippen LogP contribution in [-0.2, 0) is 10.8 Å². The van der Waals surface area contributed by atoms with E-state index in [1.807, 2.05) is 12.1 Å². The Balaban J connectivity index is 1.11. The van der Waals surface area contributed by atoms with Crippen LogP contribution in [0.25, 0.3) is 50.6 Å². The fraction of sp³-hybridized carbons (Fsp3) is 0.154. The Morgan fingerprint density at radius 2 is 1.04 bits per heavy atom. The number of rotatable bonds is 4. The quantitative estimate of drug-likeness (QED) is 0.182. The van der Waals surface area contributed by atoms with E-state index in [-0.39, 0.29) is 22.8 Å². The van der Waals surface area contributed by atoms with E-state index in [4.69, 9.17) is 9.97 Å². The first kappa shape index (κ1) is 32.1. The van der Waals surface area contributed by atoms with Crippen molar-refractivity contribution in [1.29, 1.82) is 0 Å². The number of aromatic nitrogens is 2. The van der Waals surface area contributed by atoms with Gasteiger partial charge in [-0.3, -0.25) is 0 Å². The topological polar surface area (TPSA) is 29.0 Å². The molecular formula is C52H41N3. The standard InChI is InChI=1S/C52H41N3/c1-51(2)39-24-14-11-21-36(39)44-45-38-23-13-16-26-43(38)55(49(45)48-46(47(44)51)37-22-12-15-25-40(37)52(48,3)4)35-29-27-34(28-30-35)50-53-41(32-17-7-5-8-18-32)31-42(54-50)33-19-9-6-10-20-33/h5-31,48-49H,1-4H3. The van der Waals surface area contributed by atoms with Crippen LogP contribution in [-0.4, -0.2) is 16.0 Å². The molecule has 264 valence electrons. The van der Waals surface area contributed by atoms with Gasteiger partial charge in [0, 0.05) is 45.0 Å². The molecule has 1 aromatic heterocycles. The van der Waals surface area contributed by atoms with E-state index < -0.39 is 0 Å². The molecule has 2 atom stereocenters. The van der Waals surface area contributed by atoms with Crippen molar-refractivity contribution >= 4 is 28.1 Å². The van der Waals surface area contributed by atoms with Crippen LogP contribution in [0.2, 0.25) is 0 Å². The number of nitrogens with zero attached hydrogens (tertiary/aromatic N) is 3. The minimum Gasteiger partial charge on any atom is -0.333 e. The molecule has 0 radical (unpaired) electrons. The smallest absolute Gasteiger partial charge is 0.160 e. The third kappa shape index (κ3) is 4.50. The summed E-state index contributed by atoms with van der Waals surface area (Å²) in [6.45, 7) is 9.85. The highest BCUT2D eigenvalue weighted by Crippen LogP contribution is 2.69. The van der Waals surface area contributed by atoms with Crippen LogP contribution in [0, 0.1) is 5.92 Å². The molecule has 0 fully saturated rings. The number of anilines is 2. The van der Waals surface area contributed by atoms with Gasteiger partial charge in [-0.25, -0.2) is 9.97 Å². The number of hydrogen-bond donors (Lipinski definition) is 0. The highest BCUT2D eigenvalue weighted by atomic mass is 15.2. The first-order valence-electron chi connectivity index (χ1n) is 19.5. The zero-order valence-electron chi connectivity index (χ0n) is 31.6. The van der Waals surface area contributed by atoms with E-state index in [0.29, 0.717) is 0 Å². The van der Waals surface area contributed by atoms with Crippen LogP contribution in [0.3, 0.4) is 0 Å². The van der Waals surface area contributed by atoms with Gasteiger partial charge in [-0.1, -0.05) is 155 Å². The Morgan fingerprint density at radius 3 is 1.69 bits per heavy atom. The molecule has 3 heteroatoms. The van der Waals surface area contributed by atoms with Crippen molar-refractivity contribution in [3.05, 3.63) is 197 Å². The first-order valence-corrected chi connectivity index (χ1v) is 19.5. The first-order chi connectivity index (χ1) is 26.8. The summed E-state index contributed by atoms with van der Waals surface area (Å²) in [5.74, 6) is 0.972. The lowest BCUT2D eigenvalue weighted by Gasteiger charge is -2.44. The summed E-state index contributed by atoms with van der Waals surface area (Å²) in [6.07, 6.45) is 0. The number of para-hydroxylation sites is 1. The van der Waals surface area contributed by atoms with Crippen molar-refractivity contribution < 1.29 is 0 Å². The van der Waals surface area contributed by atoms with Gasteiger partial charge in [0.05, 0.1) is 17.4 Å². The largest absolute Gasteiger partial charge is 0.333 e. The lowest BCUT2D eigenvalue weighted by atomic mass is 9.64. The molecule has 1 aliphatic heterocycles. The molecule has 3 aliphatic carbocycles. The van der Waals surface area contributed by atoms with Crippen LogP contribution in [0.4, 0.5) is 11.4 Å². The molecular weight excluding hydrogens is 667 g/mol. The van der Waals surface area contributed by atoms with Crippen molar-refractivity contribution in [2.75, 3.05) is 4.90 Å². The molecule has 3 nitrogen and oxygen atoms in total. The van der Waals surface area contributed by atoms with Gasteiger partial charge in [-0.2, -0.15) is 0 Å². The predicted octanol–water partition coefficient (Wildman–Crippen LogP) is 12.6. The third-order valence-electron chi connectivity index (χ3n) is 12.9. The minimum absolute atomic E-state index is 0.0922. The molecule has 2 unspecified atom stereocenters. The monoisotopic (exact) mass is 707 g/mol. The summed E-state index contributed by atoms with van der Waals surface area (Å²) < 4.78 is 0. The van der Waals surface area contributed by atoms with Gasteiger partial charge in [0.1, 0.15) is 0 Å².